The number of aromatic nitrogens is 5. The van der Waals surface area contributed by atoms with Crippen molar-refractivity contribution in [2.75, 3.05) is 0 Å². The van der Waals surface area contributed by atoms with Crippen molar-refractivity contribution < 1.29 is 0 Å². The molecule has 57 heavy (non-hydrogen) atoms. The van der Waals surface area contributed by atoms with Crippen LogP contribution in [0.3, 0.4) is 0 Å². The molecule has 0 amide bonds. The van der Waals surface area contributed by atoms with Gasteiger partial charge in [0.05, 0.1) is 15.9 Å². The Morgan fingerprint density at radius 3 is 1.89 bits per heavy atom. The molecule has 6 aromatic carbocycles. The molecule has 0 aliphatic carbocycles. The molecule has 0 aliphatic heterocycles. The van der Waals surface area contributed by atoms with Gasteiger partial charge in [-0.15, -0.1) is 22.7 Å². The molecule has 270 valence electrons. The van der Waals surface area contributed by atoms with E-state index < -0.39 is 0 Å². The number of rotatable bonds is 8. The highest BCUT2D eigenvalue weighted by molar-refractivity contribution is 7.26. The minimum absolute atomic E-state index is 0.614. The molecule has 0 bridgehead atoms. The van der Waals surface area contributed by atoms with Crippen molar-refractivity contribution in [2.24, 2.45) is 0 Å². The second-order valence-corrected chi connectivity index (χ2v) is 15.7. The average molecular weight is 768 g/mol. The van der Waals surface area contributed by atoms with Crippen LogP contribution in [0.2, 0.25) is 0 Å². The fraction of sp³-hybridized carbons (Fsp3) is 0.0200. The lowest BCUT2D eigenvalue weighted by Crippen LogP contribution is -2.02. The van der Waals surface area contributed by atoms with E-state index in [0.717, 1.165) is 60.5 Å². The standard InChI is InChI=1S/C50H33N5S2/c1-3-5-15-31(4-2)47-53-48(34-18-10-7-11-19-34)55-49(54-47)35-26-24-32(25-27-35)37-21-14-22-39-38-29-28-36(30-42(38)57-45(37)39)50-51-43(33-16-8-6-9-17-33)46-44(52-50)40-20-12-13-23-41(40)56-46/h3-30H,1H2,2H3/b15-5-,31-4+. The Balaban J connectivity index is 1.05. The summed E-state index contributed by atoms with van der Waals surface area (Å²) in [6, 6.07) is 50.7. The summed E-state index contributed by atoms with van der Waals surface area (Å²) >= 11 is 3.56. The van der Waals surface area contributed by atoms with Crippen LogP contribution in [0.1, 0.15) is 12.7 Å². The zero-order chi connectivity index (χ0) is 38.3. The van der Waals surface area contributed by atoms with Crippen LogP contribution in [-0.2, 0) is 0 Å². The number of nitrogens with zero attached hydrogens (tertiary/aromatic N) is 5. The van der Waals surface area contributed by atoms with Crippen LogP contribution in [0.4, 0.5) is 0 Å². The predicted molar refractivity (Wildman–Crippen MR) is 241 cm³/mol. The minimum Gasteiger partial charge on any atom is -0.226 e. The van der Waals surface area contributed by atoms with E-state index in [4.69, 9.17) is 24.9 Å². The van der Waals surface area contributed by atoms with Crippen LogP contribution in [0, 0.1) is 0 Å². The molecule has 0 spiro atoms. The largest absolute Gasteiger partial charge is 0.226 e. The first-order valence-electron chi connectivity index (χ1n) is 18.7. The molecule has 0 radical (unpaired) electrons. The SMILES string of the molecule is C=C/C=C\C(=C/C)c1nc(-c2ccccc2)nc(-c2ccc(-c3cccc4c3sc3cc(-c5nc(-c6ccccc6)c6sc7ccccc7c6n5)ccc34)cc2)n1. The molecule has 0 N–H and O–H groups in total. The molecule has 0 saturated heterocycles. The van der Waals surface area contributed by atoms with Crippen LogP contribution in [0.25, 0.3) is 103 Å². The maximum Gasteiger partial charge on any atom is 0.164 e. The second kappa shape index (κ2) is 14.6. The fourth-order valence-electron chi connectivity index (χ4n) is 7.30. The Labute approximate surface area is 337 Å². The van der Waals surface area contributed by atoms with Gasteiger partial charge in [0.15, 0.2) is 23.3 Å². The Morgan fingerprint density at radius 1 is 0.509 bits per heavy atom. The lowest BCUT2D eigenvalue weighted by molar-refractivity contribution is 1.04. The number of allylic oxidation sites excluding steroid dienone is 5. The molecule has 5 nitrogen and oxygen atoms in total. The summed E-state index contributed by atoms with van der Waals surface area (Å²) in [5.41, 5.74) is 9.12. The molecule has 4 heterocycles. The molecular formula is C50H33N5S2. The maximum absolute atomic E-state index is 5.23. The number of thiophene rings is 2. The van der Waals surface area contributed by atoms with Crippen molar-refractivity contribution in [1.29, 1.82) is 0 Å². The van der Waals surface area contributed by atoms with Crippen molar-refractivity contribution in [3.8, 4) is 56.5 Å². The van der Waals surface area contributed by atoms with Gasteiger partial charge in [-0.25, -0.2) is 24.9 Å². The summed E-state index contributed by atoms with van der Waals surface area (Å²) < 4.78 is 4.76. The van der Waals surface area contributed by atoms with Gasteiger partial charge in [-0.2, -0.15) is 0 Å². The van der Waals surface area contributed by atoms with E-state index in [1.165, 1.54) is 30.4 Å². The molecular weight excluding hydrogens is 735 g/mol. The maximum atomic E-state index is 5.23. The van der Waals surface area contributed by atoms with Gasteiger partial charge in [0.25, 0.3) is 0 Å². The van der Waals surface area contributed by atoms with E-state index in [2.05, 4.69) is 116 Å². The van der Waals surface area contributed by atoms with Crippen LogP contribution in [0.5, 0.6) is 0 Å². The first kappa shape index (κ1) is 34.6. The molecule has 0 unspecified atom stereocenters. The van der Waals surface area contributed by atoms with E-state index in [9.17, 15) is 0 Å². The van der Waals surface area contributed by atoms with Gasteiger partial charge >= 0.3 is 0 Å². The van der Waals surface area contributed by atoms with E-state index in [1.54, 1.807) is 17.4 Å². The number of benzene rings is 6. The summed E-state index contributed by atoms with van der Waals surface area (Å²) in [6.07, 6.45) is 7.62. The van der Waals surface area contributed by atoms with Gasteiger partial charge in [-0.05, 0) is 30.2 Å². The average Bonchev–Trinajstić information content (AvgIpc) is 3.85. The van der Waals surface area contributed by atoms with Crippen molar-refractivity contribution >= 4 is 68.7 Å². The van der Waals surface area contributed by atoms with Crippen LogP contribution in [0.15, 0.2) is 176 Å². The zero-order valence-corrected chi connectivity index (χ0v) is 32.6. The molecule has 0 fully saturated rings. The van der Waals surface area contributed by atoms with Gasteiger partial charge < -0.3 is 0 Å². The first-order chi connectivity index (χ1) is 28.1. The van der Waals surface area contributed by atoms with E-state index in [1.807, 2.05) is 72.9 Å². The van der Waals surface area contributed by atoms with Gasteiger partial charge in [-0.1, -0.05) is 164 Å². The molecule has 4 aromatic heterocycles. The monoisotopic (exact) mass is 767 g/mol. The van der Waals surface area contributed by atoms with Crippen LogP contribution in [-0.4, -0.2) is 24.9 Å². The van der Waals surface area contributed by atoms with Gasteiger partial charge in [0.2, 0.25) is 0 Å². The third-order valence-electron chi connectivity index (χ3n) is 10.1. The zero-order valence-electron chi connectivity index (χ0n) is 30.9. The van der Waals surface area contributed by atoms with E-state index in [-0.39, 0.29) is 0 Å². The highest BCUT2D eigenvalue weighted by Gasteiger charge is 2.18. The highest BCUT2D eigenvalue weighted by Crippen LogP contribution is 2.43. The van der Waals surface area contributed by atoms with Gasteiger partial charge in [0.1, 0.15) is 0 Å². The molecule has 0 atom stereocenters. The summed E-state index contributed by atoms with van der Waals surface area (Å²) in [7, 11) is 0. The minimum atomic E-state index is 0.614. The smallest absolute Gasteiger partial charge is 0.164 e. The summed E-state index contributed by atoms with van der Waals surface area (Å²) in [6.45, 7) is 5.81. The Hall–Kier alpha value is -6.93. The molecule has 7 heteroatoms. The quantitative estimate of drug-likeness (QED) is 0.144. The summed E-state index contributed by atoms with van der Waals surface area (Å²) in [5.74, 6) is 2.60. The molecule has 10 rings (SSSR count). The number of hydrogen-bond donors (Lipinski definition) is 0. The van der Waals surface area contributed by atoms with Crippen molar-refractivity contribution in [3.63, 3.8) is 0 Å². The van der Waals surface area contributed by atoms with E-state index in [0.29, 0.717) is 17.5 Å². The lowest BCUT2D eigenvalue weighted by Gasteiger charge is -2.10. The number of hydrogen-bond acceptors (Lipinski definition) is 7. The topological polar surface area (TPSA) is 64.5 Å². The van der Waals surface area contributed by atoms with Crippen molar-refractivity contribution in [1.82, 2.24) is 24.9 Å². The fourth-order valence-corrected chi connectivity index (χ4v) is 9.73. The highest BCUT2D eigenvalue weighted by atomic mass is 32.1. The lowest BCUT2D eigenvalue weighted by atomic mass is 10.0. The van der Waals surface area contributed by atoms with Crippen molar-refractivity contribution in [2.45, 2.75) is 6.92 Å². The Bertz CT molecular complexity index is 3200. The summed E-state index contributed by atoms with van der Waals surface area (Å²) in [4.78, 5) is 25.2. The third kappa shape index (κ3) is 6.33. The predicted octanol–water partition coefficient (Wildman–Crippen LogP) is 13.9. The van der Waals surface area contributed by atoms with Gasteiger partial charge in [0, 0.05) is 58.1 Å². The molecule has 0 aliphatic rings. The Morgan fingerprint density at radius 2 is 1.14 bits per heavy atom. The first-order valence-corrected chi connectivity index (χ1v) is 20.4. The van der Waals surface area contributed by atoms with E-state index >= 15 is 0 Å². The number of fused-ring (bicyclic) bond motifs is 6. The normalized spacial score (nSPS) is 12.1. The second-order valence-electron chi connectivity index (χ2n) is 13.6. The van der Waals surface area contributed by atoms with Gasteiger partial charge in [-0.3, -0.25) is 0 Å². The molecule has 0 saturated carbocycles. The third-order valence-corrected chi connectivity index (χ3v) is 12.5. The van der Waals surface area contributed by atoms with Crippen molar-refractivity contribution in [3.05, 3.63) is 182 Å². The summed E-state index contributed by atoms with van der Waals surface area (Å²) in [5, 5.41) is 3.61. The van der Waals surface area contributed by atoms with Crippen LogP contribution < -0.4 is 0 Å². The van der Waals surface area contributed by atoms with Crippen LogP contribution >= 0.6 is 22.7 Å². The molecule has 10 aromatic rings. The Kier molecular flexibility index (Phi) is 8.86.